The summed E-state index contributed by atoms with van der Waals surface area (Å²) < 4.78 is 0. The van der Waals surface area contributed by atoms with Crippen molar-refractivity contribution in [2.24, 2.45) is 0 Å². The van der Waals surface area contributed by atoms with Crippen LogP contribution in [-0.4, -0.2) is 25.0 Å². The quantitative estimate of drug-likeness (QED) is 0.885. The number of pyridine rings is 1. The van der Waals surface area contributed by atoms with Gasteiger partial charge in [0.1, 0.15) is 5.82 Å². The van der Waals surface area contributed by atoms with E-state index in [2.05, 4.69) is 10.3 Å². The Kier molecular flexibility index (Phi) is 5.32. The molecule has 0 aliphatic rings. The van der Waals surface area contributed by atoms with E-state index in [0.717, 1.165) is 17.8 Å². The minimum atomic E-state index is 0.0624. The minimum Gasteiger partial charge on any atom is -0.362 e. The Bertz CT molecular complexity index is 582. The first-order valence-corrected chi connectivity index (χ1v) is 7.08. The molecule has 0 unspecified atom stereocenters. The standard InChI is InChI=1S/C17H21N3O/c1-20(2)17-15(9-6-12-18-17)13-19-16(21)11-10-14-7-4-3-5-8-14/h3-9,12H,10-11,13H2,1-2H3,(H,19,21). The summed E-state index contributed by atoms with van der Waals surface area (Å²) in [6.07, 6.45) is 3.03. The number of nitrogens with zero attached hydrogens (tertiary/aromatic N) is 2. The highest BCUT2D eigenvalue weighted by Crippen LogP contribution is 2.13. The maximum atomic E-state index is 11.9. The Morgan fingerprint density at radius 1 is 1.14 bits per heavy atom. The van der Waals surface area contributed by atoms with E-state index >= 15 is 0 Å². The van der Waals surface area contributed by atoms with Crippen molar-refractivity contribution in [2.45, 2.75) is 19.4 Å². The number of carbonyl (C=O) groups is 1. The van der Waals surface area contributed by atoms with Crippen molar-refractivity contribution in [3.8, 4) is 0 Å². The van der Waals surface area contributed by atoms with E-state index in [1.807, 2.05) is 61.5 Å². The third-order valence-electron chi connectivity index (χ3n) is 3.25. The number of benzene rings is 1. The number of hydrogen-bond acceptors (Lipinski definition) is 3. The first kappa shape index (κ1) is 15.0. The highest BCUT2D eigenvalue weighted by atomic mass is 16.1. The van der Waals surface area contributed by atoms with Crippen molar-refractivity contribution >= 4 is 11.7 Å². The zero-order valence-corrected chi connectivity index (χ0v) is 12.5. The van der Waals surface area contributed by atoms with Crippen molar-refractivity contribution in [1.29, 1.82) is 0 Å². The summed E-state index contributed by atoms with van der Waals surface area (Å²) in [5.41, 5.74) is 2.21. The number of rotatable bonds is 6. The van der Waals surface area contributed by atoms with Gasteiger partial charge in [0.2, 0.25) is 5.91 Å². The molecule has 0 aliphatic heterocycles. The highest BCUT2D eigenvalue weighted by Gasteiger charge is 2.07. The van der Waals surface area contributed by atoms with Gasteiger partial charge in [-0.1, -0.05) is 36.4 Å². The van der Waals surface area contributed by atoms with Crippen LogP contribution in [0.3, 0.4) is 0 Å². The Morgan fingerprint density at radius 2 is 1.90 bits per heavy atom. The Labute approximate surface area is 125 Å². The third-order valence-corrected chi connectivity index (χ3v) is 3.25. The van der Waals surface area contributed by atoms with Crippen LogP contribution >= 0.6 is 0 Å². The second kappa shape index (κ2) is 7.43. The lowest BCUT2D eigenvalue weighted by atomic mass is 10.1. The van der Waals surface area contributed by atoms with Gasteiger partial charge in [0.25, 0.3) is 0 Å². The number of amides is 1. The lowest BCUT2D eigenvalue weighted by molar-refractivity contribution is -0.121. The molecule has 0 radical (unpaired) electrons. The molecular weight excluding hydrogens is 262 g/mol. The third kappa shape index (κ3) is 4.60. The summed E-state index contributed by atoms with van der Waals surface area (Å²) in [5.74, 6) is 0.952. The molecule has 1 N–H and O–H groups in total. The molecular formula is C17H21N3O. The Morgan fingerprint density at radius 3 is 2.62 bits per heavy atom. The van der Waals surface area contributed by atoms with Crippen LogP contribution in [0.1, 0.15) is 17.5 Å². The topological polar surface area (TPSA) is 45.2 Å². The van der Waals surface area contributed by atoms with Gasteiger partial charge in [0.05, 0.1) is 0 Å². The highest BCUT2D eigenvalue weighted by molar-refractivity contribution is 5.76. The maximum absolute atomic E-state index is 11.9. The lowest BCUT2D eigenvalue weighted by Gasteiger charge is -2.16. The molecule has 0 atom stereocenters. The van der Waals surface area contributed by atoms with E-state index in [1.54, 1.807) is 6.20 Å². The van der Waals surface area contributed by atoms with Crippen molar-refractivity contribution < 1.29 is 4.79 Å². The molecule has 0 saturated carbocycles. The van der Waals surface area contributed by atoms with Crippen LogP contribution in [0.4, 0.5) is 5.82 Å². The molecule has 1 amide bonds. The van der Waals surface area contributed by atoms with Gasteiger partial charge in [-0.25, -0.2) is 4.98 Å². The molecule has 2 rings (SSSR count). The van der Waals surface area contributed by atoms with Gasteiger partial charge >= 0.3 is 0 Å². The number of aromatic nitrogens is 1. The fraction of sp³-hybridized carbons (Fsp3) is 0.294. The zero-order chi connectivity index (χ0) is 15.1. The monoisotopic (exact) mass is 283 g/mol. The molecule has 2 aromatic rings. The fourth-order valence-electron chi connectivity index (χ4n) is 2.16. The van der Waals surface area contributed by atoms with Crippen LogP contribution in [0.15, 0.2) is 48.7 Å². The Hall–Kier alpha value is -2.36. The summed E-state index contributed by atoms with van der Waals surface area (Å²) >= 11 is 0. The molecule has 0 aliphatic carbocycles. The number of aryl methyl sites for hydroxylation is 1. The smallest absolute Gasteiger partial charge is 0.220 e. The van der Waals surface area contributed by atoms with Crippen LogP contribution in [0.5, 0.6) is 0 Å². The van der Waals surface area contributed by atoms with Crippen molar-refractivity contribution in [3.05, 3.63) is 59.8 Å². The molecule has 0 bridgehead atoms. The molecule has 1 aromatic heterocycles. The minimum absolute atomic E-state index is 0.0624. The molecule has 110 valence electrons. The molecule has 0 spiro atoms. The first-order chi connectivity index (χ1) is 10.2. The normalized spacial score (nSPS) is 10.2. The summed E-state index contributed by atoms with van der Waals surface area (Å²) in [7, 11) is 3.89. The molecule has 4 nitrogen and oxygen atoms in total. The number of nitrogens with one attached hydrogen (secondary N) is 1. The molecule has 1 heterocycles. The van der Waals surface area contributed by atoms with Gasteiger partial charge in [0.15, 0.2) is 0 Å². The van der Waals surface area contributed by atoms with E-state index in [1.165, 1.54) is 5.56 Å². The van der Waals surface area contributed by atoms with Gasteiger partial charge in [-0.15, -0.1) is 0 Å². The van der Waals surface area contributed by atoms with Crippen LogP contribution in [0.25, 0.3) is 0 Å². The second-order valence-electron chi connectivity index (χ2n) is 5.14. The number of carbonyl (C=O) groups excluding carboxylic acids is 1. The average molecular weight is 283 g/mol. The summed E-state index contributed by atoms with van der Waals surface area (Å²) in [6.45, 7) is 0.509. The van der Waals surface area contributed by atoms with Gasteiger partial charge in [-0.05, 0) is 18.1 Å². The molecule has 0 fully saturated rings. The molecule has 4 heteroatoms. The Balaban J connectivity index is 1.84. The van der Waals surface area contributed by atoms with Crippen molar-refractivity contribution in [2.75, 3.05) is 19.0 Å². The predicted molar refractivity (Wildman–Crippen MR) is 85.2 cm³/mol. The number of anilines is 1. The largest absolute Gasteiger partial charge is 0.362 e. The molecule has 0 saturated heterocycles. The SMILES string of the molecule is CN(C)c1ncccc1CNC(=O)CCc1ccccc1. The number of hydrogen-bond donors (Lipinski definition) is 1. The van der Waals surface area contributed by atoms with Crippen molar-refractivity contribution in [1.82, 2.24) is 10.3 Å². The zero-order valence-electron chi connectivity index (χ0n) is 12.5. The maximum Gasteiger partial charge on any atom is 0.220 e. The van der Waals surface area contributed by atoms with E-state index in [4.69, 9.17) is 0 Å². The van der Waals surface area contributed by atoms with Crippen molar-refractivity contribution in [3.63, 3.8) is 0 Å². The second-order valence-corrected chi connectivity index (χ2v) is 5.14. The van der Waals surface area contributed by atoms with E-state index in [9.17, 15) is 4.79 Å². The summed E-state index contributed by atoms with van der Waals surface area (Å²) in [6, 6.07) is 13.9. The van der Waals surface area contributed by atoms with Gasteiger partial charge in [-0.3, -0.25) is 4.79 Å². The first-order valence-electron chi connectivity index (χ1n) is 7.08. The molecule has 21 heavy (non-hydrogen) atoms. The summed E-state index contributed by atoms with van der Waals surface area (Å²) in [4.78, 5) is 18.2. The predicted octanol–water partition coefficient (Wildman–Crippen LogP) is 2.40. The molecule has 1 aromatic carbocycles. The van der Waals surface area contributed by atoms with Gasteiger partial charge in [0, 0.05) is 38.8 Å². The fourth-order valence-corrected chi connectivity index (χ4v) is 2.16. The van der Waals surface area contributed by atoms with Crippen LogP contribution in [-0.2, 0) is 17.8 Å². The average Bonchev–Trinajstić information content (AvgIpc) is 2.52. The van der Waals surface area contributed by atoms with Crippen LogP contribution < -0.4 is 10.2 Å². The van der Waals surface area contributed by atoms with E-state index in [0.29, 0.717) is 13.0 Å². The van der Waals surface area contributed by atoms with E-state index < -0.39 is 0 Å². The van der Waals surface area contributed by atoms with Gasteiger partial charge in [-0.2, -0.15) is 0 Å². The lowest BCUT2D eigenvalue weighted by Crippen LogP contribution is -2.24. The summed E-state index contributed by atoms with van der Waals surface area (Å²) in [5, 5.41) is 2.96. The van der Waals surface area contributed by atoms with Gasteiger partial charge < -0.3 is 10.2 Å². The van der Waals surface area contributed by atoms with E-state index in [-0.39, 0.29) is 5.91 Å². The van der Waals surface area contributed by atoms with Crippen LogP contribution in [0, 0.1) is 0 Å². The van der Waals surface area contributed by atoms with Crippen LogP contribution in [0.2, 0.25) is 0 Å².